The van der Waals surface area contributed by atoms with Crippen LogP contribution < -0.4 is 9.47 Å². The van der Waals surface area contributed by atoms with Crippen LogP contribution in [0.1, 0.15) is 75.3 Å². The third-order valence-electron chi connectivity index (χ3n) is 6.35. The molecule has 0 amide bonds. The molecule has 0 spiro atoms. The van der Waals surface area contributed by atoms with Gasteiger partial charge in [0, 0.05) is 12.5 Å². The van der Waals surface area contributed by atoms with Gasteiger partial charge in [0.05, 0.1) is 19.8 Å². The van der Waals surface area contributed by atoms with Crippen LogP contribution in [-0.4, -0.2) is 20.2 Å². The first-order valence-corrected chi connectivity index (χ1v) is 10.8. The molecule has 0 fully saturated rings. The van der Waals surface area contributed by atoms with Gasteiger partial charge in [-0.05, 0) is 52.5 Å². The predicted octanol–water partition coefficient (Wildman–Crippen LogP) is 6.29. The van der Waals surface area contributed by atoms with Crippen molar-refractivity contribution in [1.82, 2.24) is 0 Å². The van der Waals surface area contributed by atoms with Gasteiger partial charge in [0.15, 0.2) is 0 Å². The largest absolute Gasteiger partial charge is 0.496 e. The van der Waals surface area contributed by atoms with Crippen molar-refractivity contribution in [1.29, 1.82) is 0 Å². The lowest BCUT2D eigenvalue weighted by molar-refractivity contribution is -0.142. The van der Waals surface area contributed by atoms with Gasteiger partial charge in [-0.1, -0.05) is 58.0 Å². The van der Waals surface area contributed by atoms with Crippen LogP contribution in [0.25, 0.3) is 12.2 Å². The molecule has 0 saturated carbocycles. The van der Waals surface area contributed by atoms with E-state index in [-0.39, 0.29) is 23.4 Å². The highest BCUT2D eigenvalue weighted by Crippen LogP contribution is 2.52. The lowest BCUT2D eigenvalue weighted by Gasteiger charge is -2.43. The van der Waals surface area contributed by atoms with Crippen LogP contribution in [0.4, 0.5) is 0 Å². The molecule has 4 nitrogen and oxygen atoms in total. The zero-order valence-corrected chi connectivity index (χ0v) is 19.8. The molecule has 0 heterocycles. The number of ether oxygens (including phenoxy) is 3. The monoisotopic (exact) mass is 422 g/mol. The summed E-state index contributed by atoms with van der Waals surface area (Å²) in [6.07, 6.45) is 6.37. The molecule has 31 heavy (non-hydrogen) atoms. The van der Waals surface area contributed by atoms with Gasteiger partial charge in [-0.3, -0.25) is 4.79 Å². The average Bonchev–Trinajstić information content (AvgIpc) is 2.73. The number of carbonyl (C=O) groups excluding carboxylic acids is 1. The summed E-state index contributed by atoms with van der Waals surface area (Å²) >= 11 is 0. The number of hydrogen-bond acceptors (Lipinski definition) is 4. The predicted molar refractivity (Wildman–Crippen MR) is 126 cm³/mol. The smallest absolute Gasteiger partial charge is 0.302 e. The molecule has 166 valence electrons. The minimum atomic E-state index is -0.276. The Hall–Kier alpha value is -2.75. The molecule has 0 unspecified atom stereocenters. The van der Waals surface area contributed by atoms with E-state index >= 15 is 0 Å². The van der Waals surface area contributed by atoms with E-state index in [1.54, 1.807) is 14.2 Å². The van der Waals surface area contributed by atoms with Crippen molar-refractivity contribution >= 4 is 18.1 Å². The quantitative estimate of drug-likeness (QED) is 0.406. The third kappa shape index (κ3) is 4.79. The second-order valence-electron chi connectivity index (χ2n) is 9.57. The fourth-order valence-corrected chi connectivity index (χ4v) is 4.37. The van der Waals surface area contributed by atoms with E-state index in [1.807, 2.05) is 24.3 Å². The van der Waals surface area contributed by atoms with E-state index in [4.69, 9.17) is 14.2 Å². The number of fused-ring (bicyclic) bond motifs is 1. The molecule has 4 heteroatoms. The van der Waals surface area contributed by atoms with Gasteiger partial charge in [-0.15, -0.1) is 0 Å². The van der Waals surface area contributed by atoms with Crippen LogP contribution in [0, 0.1) is 0 Å². The Balaban J connectivity index is 2.02. The van der Waals surface area contributed by atoms with Crippen molar-refractivity contribution in [2.75, 3.05) is 14.2 Å². The maximum absolute atomic E-state index is 11.0. The fourth-order valence-electron chi connectivity index (χ4n) is 4.37. The second kappa shape index (κ2) is 8.78. The molecule has 0 N–H and O–H groups in total. The Labute approximate surface area is 186 Å². The standard InChI is InChI=1S/C27H34O4/c1-18(28)31-17-20-10-8-19(9-11-20)12-13-21-23(29-6)16-22-24(25(21)30-7)27(4,5)15-14-26(22,2)3/h8-13,16H,14-15,17H2,1-7H3/b13-12+. The first kappa shape index (κ1) is 22.9. The van der Waals surface area contributed by atoms with E-state index in [9.17, 15) is 4.79 Å². The van der Waals surface area contributed by atoms with Gasteiger partial charge in [0.25, 0.3) is 0 Å². The molecule has 2 aromatic rings. The van der Waals surface area contributed by atoms with Crippen LogP contribution in [-0.2, 0) is 27.0 Å². The number of benzene rings is 2. The van der Waals surface area contributed by atoms with E-state index in [0.717, 1.165) is 41.0 Å². The summed E-state index contributed by atoms with van der Waals surface area (Å²) in [5, 5.41) is 0. The molecule has 3 rings (SSSR count). The summed E-state index contributed by atoms with van der Waals surface area (Å²) in [5.74, 6) is 1.45. The number of carbonyl (C=O) groups is 1. The lowest BCUT2D eigenvalue weighted by Crippen LogP contribution is -2.34. The molecule has 0 aromatic heterocycles. The molecule has 2 aromatic carbocycles. The highest BCUT2D eigenvalue weighted by molar-refractivity contribution is 5.79. The number of methoxy groups -OCH3 is 2. The van der Waals surface area contributed by atoms with Crippen LogP contribution in [0.5, 0.6) is 11.5 Å². The average molecular weight is 423 g/mol. The molecule has 1 aliphatic carbocycles. The molecular formula is C27H34O4. The minimum absolute atomic E-state index is 0.0312. The SMILES string of the molecule is COc1cc2c(c(OC)c1/C=C/c1ccc(COC(C)=O)cc1)C(C)(C)CCC2(C)C. The highest BCUT2D eigenvalue weighted by Gasteiger charge is 2.40. The Morgan fingerprint density at radius 2 is 1.61 bits per heavy atom. The van der Waals surface area contributed by atoms with Gasteiger partial charge >= 0.3 is 5.97 Å². The Bertz CT molecular complexity index is 981. The van der Waals surface area contributed by atoms with E-state index in [0.29, 0.717) is 0 Å². The zero-order valence-electron chi connectivity index (χ0n) is 19.8. The highest BCUT2D eigenvalue weighted by atomic mass is 16.5. The summed E-state index contributed by atoms with van der Waals surface area (Å²) in [6.45, 7) is 10.9. The van der Waals surface area contributed by atoms with Gasteiger partial charge in [0.2, 0.25) is 0 Å². The van der Waals surface area contributed by atoms with E-state index in [1.165, 1.54) is 18.1 Å². The number of rotatable bonds is 6. The minimum Gasteiger partial charge on any atom is -0.496 e. The molecule has 0 atom stereocenters. The summed E-state index contributed by atoms with van der Waals surface area (Å²) in [6, 6.07) is 10.2. The summed E-state index contributed by atoms with van der Waals surface area (Å²) in [7, 11) is 3.46. The molecule has 0 bridgehead atoms. The summed E-state index contributed by atoms with van der Waals surface area (Å²) in [4.78, 5) is 11.0. The van der Waals surface area contributed by atoms with Crippen LogP contribution in [0.15, 0.2) is 30.3 Å². The lowest BCUT2D eigenvalue weighted by atomic mass is 9.62. The first-order valence-electron chi connectivity index (χ1n) is 10.8. The topological polar surface area (TPSA) is 44.8 Å². The van der Waals surface area contributed by atoms with E-state index in [2.05, 4.69) is 45.9 Å². The maximum atomic E-state index is 11.0. The molecule has 0 aliphatic heterocycles. The molecule has 0 saturated heterocycles. The van der Waals surface area contributed by atoms with E-state index < -0.39 is 0 Å². The maximum Gasteiger partial charge on any atom is 0.302 e. The van der Waals surface area contributed by atoms with Crippen LogP contribution in [0.2, 0.25) is 0 Å². The summed E-state index contributed by atoms with van der Waals surface area (Å²) in [5.41, 5.74) is 5.66. The van der Waals surface area contributed by atoms with Crippen molar-refractivity contribution in [2.24, 2.45) is 0 Å². The van der Waals surface area contributed by atoms with Gasteiger partial charge in [-0.25, -0.2) is 0 Å². The molecule has 0 radical (unpaired) electrons. The van der Waals surface area contributed by atoms with Crippen molar-refractivity contribution in [2.45, 2.75) is 64.9 Å². The Morgan fingerprint density at radius 3 is 2.19 bits per heavy atom. The summed E-state index contributed by atoms with van der Waals surface area (Å²) < 4.78 is 16.9. The van der Waals surface area contributed by atoms with Crippen molar-refractivity contribution in [3.63, 3.8) is 0 Å². The first-order chi connectivity index (χ1) is 14.6. The zero-order chi connectivity index (χ0) is 22.8. The molecule has 1 aliphatic rings. The Kier molecular flexibility index (Phi) is 6.49. The fraction of sp³-hybridized carbons (Fsp3) is 0.444. The van der Waals surface area contributed by atoms with Crippen molar-refractivity contribution in [3.8, 4) is 11.5 Å². The molecular weight excluding hydrogens is 388 g/mol. The van der Waals surface area contributed by atoms with Gasteiger partial charge < -0.3 is 14.2 Å². The normalized spacial score (nSPS) is 16.6. The van der Waals surface area contributed by atoms with Crippen LogP contribution >= 0.6 is 0 Å². The Morgan fingerprint density at radius 1 is 0.968 bits per heavy atom. The van der Waals surface area contributed by atoms with Gasteiger partial charge in [-0.2, -0.15) is 0 Å². The number of hydrogen-bond donors (Lipinski definition) is 0. The van der Waals surface area contributed by atoms with Crippen molar-refractivity contribution in [3.05, 3.63) is 58.1 Å². The van der Waals surface area contributed by atoms with Gasteiger partial charge in [0.1, 0.15) is 18.1 Å². The second-order valence-corrected chi connectivity index (χ2v) is 9.57. The van der Waals surface area contributed by atoms with Crippen molar-refractivity contribution < 1.29 is 19.0 Å². The number of esters is 1. The third-order valence-corrected chi connectivity index (χ3v) is 6.35. The van der Waals surface area contributed by atoms with Crippen LogP contribution in [0.3, 0.4) is 0 Å².